The topological polar surface area (TPSA) is 105 Å². The van der Waals surface area contributed by atoms with Crippen LogP contribution in [-0.4, -0.2) is 64.9 Å². The first-order chi connectivity index (χ1) is 16.9. The van der Waals surface area contributed by atoms with Crippen molar-refractivity contribution < 1.29 is 28.7 Å². The second-order valence-corrected chi connectivity index (χ2v) is 8.63. The van der Waals surface area contributed by atoms with Crippen LogP contribution in [0.4, 0.5) is 0 Å². The zero-order chi connectivity index (χ0) is 24.9. The van der Waals surface area contributed by atoms with E-state index < -0.39 is 36.0 Å². The smallest absolute Gasteiger partial charge is 0.350 e. The van der Waals surface area contributed by atoms with Crippen LogP contribution in [0.2, 0.25) is 0 Å². The predicted octanol–water partition coefficient (Wildman–Crippen LogP) is 2.11. The highest BCUT2D eigenvalue weighted by Gasteiger charge is 2.60. The third-order valence-corrected chi connectivity index (χ3v) is 6.21. The molecule has 2 fully saturated rings. The number of esters is 1. The van der Waals surface area contributed by atoms with E-state index in [1.807, 2.05) is 30.3 Å². The molecule has 3 amide bonds. The Bertz CT molecular complexity index is 1090. The normalized spacial score (nSPS) is 20.6. The summed E-state index contributed by atoms with van der Waals surface area (Å²) in [6.07, 6.45) is 0.837. The van der Waals surface area contributed by atoms with Gasteiger partial charge in [0.25, 0.3) is 5.91 Å². The number of hydrogen-bond donors (Lipinski definition) is 1. The Balaban J connectivity index is 1.38. The number of rotatable bonds is 9. The number of ether oxygens (including phenoxy) is 2. The molecule has 0 spiro atoms. The summed E-state index contributed by atoms with van der Waals surface area (Å²) in [6.45, 7) is 4.20. The molecule has 2 aromatic rings. The van der Waals surface area contributed by atoms with Crippen molar-refractivity contribution in [2.45, 2.75) is 51.5 Å². The monoisotopic (exact) mass is 479 g/mol. The SMILES string of the molecule is CCCCOc1ccc(C(=O)N[C@@H]2C(=O)N3C2CN(C(C)=O)C3C(=O)OCc2ccccc2)cc1. The summed E-state index contributed by atoms with van der Waals surface area (Å²) in [5, 5.41) is 2.74. The summed E-state index contributed by atoms with van der Waals surface area (Å²) in [4.78, 5) is 53.4. The van der Waals surface area contributed by atoms with Crippen LogP contribution in [0.25, 0.3) is 0 Å². The lowest BCUT2D eigenvalue weighted by molar-refractivity contribution is -0.169. The van der Waals surface area contributed by atoms with Gasteiger partial charge in [0, 0.05) is 19.0 Å². The van der Waals surface area contributed by atoms with Crippen LogP contribution in [0.5, 0.6) is 5.75 Å². The number of fused-ring (bicyclic) bond motifs is 1. The molecule has 2 unspecified atom stereocenters. The van der Waals surface area contributed by atoms with E-state index in [4.69, 9.17) is 9.47 Å². The summed E-state index contributed by atoms with van der Waals surface area (Å²) >= 11 is 0. The first-order valence-electron chi connectivity index (χ1n) is 11.7. The van der Waals surface area contributed by atoms with Crippen molar-refractivity contribution in [2.24, 2.45) is 0 Å². The fraction of sp³-hybridized carbons (Fsp3) is 0.385. The molecular weight excluding hydrogens is 450 g/mol. The van der Waals surface area contributed by atoms with E-state index >= 15 is 0 Å². The maximum absolute atomic E-state index is 12.9. The van der Waals surface area contributed by atoms with Crippen molar-refractivity contribution in [1.29, 1.82) is 0 Å². The molecule has 0 aliphatic carbocycles. The minimum Gasteiger partial charge on any atom is -0.494 e. The second kappa shape index (κ2) is 10.6. The van der Waals surface area contributed by atoms with Crippen LogP contribution in [0.1, 0.15) is 42.6 Å². The summed E-state index contributed by atoms with van der Waals surface area (Å²) in [7, 11) is 0. The van der Waals surface area contributed by atoms with Gasteiger partial charge in [0.05, 0.1) is 12.6 Å². The van der Waals surface area contributed by atoms with Crippen molar-refractivity contribution in [3.05, 3.63) is 65.7 Å². The second-order valence-electron chi connectivity index (χ2n) is 8.63. The van der Waals surface area contributed by atoms with E-state index in [9.17, 15) is 19.2 Å². The summed E-state index contributed by atoms with van der Waals surface area (Å²) in [5.41, 5.74) is 1.19. The highest BCUT2D eigenvalue weighted by atomic mass is 16.5. The highest BCUT2D eigenvalue weighted by Crippen LogP contribution is 2.33. The van der Waals surface area contributed by atoms with Crippen LogP contribution in [0.15, 0.2) is 54.6 Å². The molecule has 2 aromatic carbocycles. The van der Waals surface area contributed by atoms with Crippen LogP contribution in [0, 0.1) is 0 Å². The van der Waals surface area contributed by atoms with E-state index in [1.54, 1.807) is 24.3 Å². The average Bonchev–Trinajstić information content (AvgIpc) is 3.23. The molecule has 35 heavy (non-hydrogen) atoms. The molecule has 0 bridgehead atoms. The first-order valence-corrected chi connectivity index (χ1v) is 11.7. The van der Waals surface area contributed by atoms with Crippen molar-refractivity contribution in [3.8, 4) is 5.75 Å². The minimum atomic E-state index is -1.14. The molecule has 2 aliphatic rings. The number of nitrogens with zero attached hydrogens (tertiary/aromatic N) is 2. The molecule has 184 valence electrons. The Morgan fingerprint density at radius 2 is 1.77 bits per heavy atom. The molecule has 9 heteroatoms. The lowest BCUT2D eigenvalue weighted by Crippen LogP contribution is -2.71. The van der Waals surface area contributed by atoms with Gasteiger partial charge in [0.2, 0.25) is 18.0 Å². The Morgan fingerprint density at radius 3 is 2.43 bits per heavy atom. The predicted molar refractivity (Wildman–Crippen MR) is 126 cm³/mol. The number of amides is 3. The molecule has 0 saturated carbocycles. The number of β-lactam (4-membered cyclic amide) rings is 1. The number of hydrogen-bond acceptors (Lipinski definition) is 6. The van der Waals surface area contributed by atoms with Crippen molar-refractivity contribution >= 4 is 23.7 Å². The fourth-order valence-electron chi connectivity index (χ4n) is 4.28. The Labute approximate surface area is 204 Å². The Kier molecular flexibility index (Phi) is 7.33. The Morgan fingerprint density at radius 1 is 1.06 bits per heavy atom. The molecule has 4 rings (SSSR count). The third-order valence-electron chi connectivity index (χ3n) is 6.21. The lowest BCUT2D eigenvalue weighted by atomic mass is 9.96. The molecule has 2 aliphatic heterocycles. The van der Waals surface area contributed by atoms with Crippen LogP contribution in [0.3, 0.4) is 0 Å². The maximum atomic E-state index is 12.9. The largest absolute Gasteiger partial charge is 0.494 e. The number of unbranched alkanes of at least 4 members (excludes halogenated alkanes) is 1. The molecule has 0 radical (unpaired) electrons. The van der Waals surface area contributed by atoms with Gasteiger partial charge < -0.3 is 24.6 Å². The minimum absolute atomic E-state index is 0.0347. The Hall–Kier alpha value is -3.88. The van der Waals surface area contributed by atoms with E-state index in [0.29, 0.717) is 17.9 Å². The van der Waals surface area contributed by atoms with Gasteiger partial charge in [0.1, 0.15) is 18.4 Å². The zero-order valence-corrected chi connectivity index (χ0v) is 19.8. The quantitative estimate of drug-likeness (QED) is 0.336. The number of nitrogens with one attached hydrogen (secondary N) is 1. The number of carbonyl (C=O) groups is 4. The van der Waals surface area contributed by atoms with Crippen molar-refractivity contribution in [3.63, 3.8) is 0 Å². The highest BCUT2D eigenvalue weighted by molar-refractivity contribution is 6.02. The average molecular weight is 480 g/mol. The van der Waals surface area contributed by atoms with Crippen LogP contribution >= 0.6 is 0 Å². The standard InChI is InChI=1S/C26H29N3O6/c1-3-4-14-34-20-12-10-19(11-13-20)23(31)27-22-21-15-28(17(2)30)24(29(21)25(22)32)26(33)35-16-18-8-6-5-7-9-18/h5-13,21-22,24H,3-4,14-16H2,1-2H3,(H,27,31)/t21?,22-,24?/m0/s1. The summed E-state index contributed by atoms with van der Waals surface area (Å²) in [5.74, 6) is -1.19. The maximum Gasteiger partial charge on any atom is 0.350 e. The van der Waals surface area contributed by atoms with E-state index in [2.05, 4.69) is 12.2 Å². The van der Waals surface area contributed by atoms with Crippen molar-refractivity contribution in [2.75, 3.05) is 13.2 Å². The molecule has 2 heterocycles. The van der Waals surface area contributed by atoms with E-state index in [0.717, 1.165) is 18.4 Å². The van der Waals surface area contributed by atoms with E-state index in [1.165, 1.54) is 16.7 Å². The molecule has 9 nitrogen and oxygen atoms in total. The molecule has 2 saturated heterocycles. The van der Waals surface area contributed by atoms with Crippen LogP contribution < -0.4 is 10.1 Å². The molecular formula is C26H29N3O6. The van der Waals surface area contributed by atoms with Gasteiger partial charge in [-0.25, -0.2) is 4.79 Å². The van der Waals surface area contributed by atoms with Crippen LogP contribution in [-0.2, 0) is 25.7 Å². The summed E-state index contributed by atoms with van der Waals surface area (Å²) in [6, 6.07) is 14.5. The third kappa shape index (κ3) is 5.13. The molecule has 1 N–H and O–H groups in total. The lowest BCUT2D eigenvalue weighted by Gasteiger charge is -2.43. The van der Waals surface area contributed by atoms with Gasteiger partial charge in [0.15, 0.2) is 0 Å². The molecule has 0 aromatic heterocycles. The van der Waals surface area contributed by atoms with Crippen molar-refractivity contribution in [1.82, 2.24) is 15.1 Å². The fourth-order valence-corrected chi connectivity index (χ4v) is 4.28. The summed E-state index contributed by atoms with van der Waals surface area (Å²) < 4.78 is 11.0. The van der Waals surface area contributed by atoms with E-state index in [-0.39, 0.29) is 19.1 Å². The number of carbonyl (C=O) groups excluding carboxylic acids is 4. The van der Waals surface area contributed by atoms with Gasteiger partial charge in [-0.05, 0) is 36.2 Å². The molecule has 3 atom stereocenters. The number of benzene rings is 2. The van der Waals surface area contributed by atoms with Gasteiger partial charge in [-0.1, -0.05) is 43.7 Å². The van der Waals surface area contributed by atoms with Gasteiger partial charge in [-0.3, -0.25) is 14.4 Å². The van der Waals surface area contributed by atoms with Gasteiger partial charge >= 0.3 is 5.97 Å². The first kappa shape index (κ1) is 24.3. The zero-order valence-electron chi connectivity index (χ0n) is 19.8. The van der Waals surface area contributed by atoms with Gasteiger partial charge in [-0.15, -0.1) is 0 Å². The van der Waals surface area contributed by atoms with Gasteiger partial charge in [-0.2, -0.15) is 0 Å².